The highest BCUT2D eigenvalue weighted by atomic mass is 79.9. The number of phenolic OH excluding ortho intramolecular Hbond substituents is 1. The summed E-state index contributed by atoms with van der Waals surface area (Å²) >= 11 is 3.13. The summed E-state index contributed by atoms with van der Waals surface area (Å²) in [4.78, 5) is 11.0. The maximum absolute atomic E-state index is 13.1. The van der Waals surface area contributed by atoms with E-state index in [1.54, 1.807) is 0 Å². The van der Waals surface area contributed by atoms with Gasteiger partial charge in [0.2, 0.25) is 0 Å². The summed E-state index contributed by atoms with van der Waals surface area (Å²) < 4.78 is 18.0. The van der Waals surface area contributed by atoms with Crippen molar-refractivity contribution in [3.63, 3.8) is 0 Å². The first-order valence-electron chi connectivity index (χ1n) is 4.46. The number of carbonyl (C=O) groups is 1. The van der Waals surface area contributed by atoms with E-state index in [-0.39, 0.29) is 12.0 Å². The SMILES string of the molecule is COC(=O)C[C@@H](N)c1c(Br)ccc(F)c1O. The fourth-order valence-corrected chi connectivity index (χ4v) is 1.89. The zero-order valence-electron chi connectivity index (χ0n) is 8.54. The average molecular weight is 292 g/mol. The van der Waals surface area contributed by atoms with Crippen LogP contribution in [0.1, 0.15) is 18.0 Å². The van der Waals surface area contributed by atoms with E-state index in [0.29, 0.717) is 4.47 Å². The Morgan fingerprint density at radius 3 is 2.88 bits per heavy atom. The molecular formula is C10H11BrFNO3. The zero-order chi connectivity index (χ0) is 12.3. The highest BCUT2D eigenvalue weighted by Gasteiger charge is 2.20. The van der Waals surface area contributed by atoms with Crippen molar-refractivity contribution in [3.8, 4) is 5.75 Å². The Kier molecular flexibility index (Phi) is 4.26. The topological polar surface area (TPSA) is 72.5 Å². The Morgan fingerprint density at radius 1 is 1.69 bits per heavy atom. The molecule has 0 saturated carbocycles. The fourth-order valence-electron chi connectivity index (χ4n) is 1.27. The van der Waals surface area contributed by atoms with Crippen LogP contribution in [0.2, 0.25) is 0 Å². The molecule has 0 heterocycles. The third kappa shape index (κ3) is 2.70. The summed E-state index contributed by atoms with van der Waals surface area (Å²) in [6.07, 6.45) is -0.133. The van der Waals surface area contributed by atoms with E-state index in [9.17, 15) is 14.3 Å². The highest BCUT2D eigenvalue weighted by Crippen LogP contribution is 2.34. The van der Waals surface area contributed by atoms with Gasteiger partial charge in [0.05, 0.1) is 13.5 Å². The normalized spacial score (nSPS) is 12.2. The standard InChI is InChI=1S/C10H11BrFNO3/c1-16-8(14)4-7(13)9-5(11)2-3-6(12)10(9)15/h2-3,7,15H,4,13H2,1H3/t7-/m1/s1. The van der Waals surface area contributed by atoms with E-state index in [1.165, 1.54) is 13.2 Å². The summed E-state index contributed by atoms with van der Waals surface area (Å²) in [6, 6.07) is 1.70. The molecule has 0 aromatic heterocycles. The molecule has 0 aliphatic rings. The van der Waals surface area contributed by atoms with Crippen LogP contribution in [-0.4, -0.2) is 18.2 Å². The number of halogens is 2. The van der Waals surface area contributed by atoms with Crippen molar-refractivity contribution in [2.75, 3.05) is 7.11 Å². The number of hydrogen-bond donors (Lipinski definition) is 2. The molecule has 3 N–H and O–H groups in total. The molecule has 1 atom stereocenters. The Bertz CT molecular complexity index is 411. The lowest BCUT2D eigenvalue weighted by molar-refractivity contribution is -0.141. The molecule has 4 nitrogen and oxygen atoms in total. The first kappa shape index (κ1) is 12.9. The second kappa shape index (κ2) is 5.27. The van der Waals surface area contributed by atoms with Gasteiger partial charge in [0.25, 0.3) is 0 Å². The largest absolute Gasteiger partial charge is 0.505 e. The Hall–Kier alpha value is -1.14. The van der Waals surface area contributed by atoms with Crippen LogP contribution < -0.4 is 5.73 Å². The smallest absolute Gasteiger partial charge is 0.307 e. The summed E-state index contributed by atoms with van der Waals surface area (Å²) in [5, 5.41) is 9.50. The van der Waals surface area contributed by atoms with Gasteiger partial charge in [-0.15, -0.1) is 0 Å². The second-order valence-electron chi connectivity index (χ2n) is 3.18. The predicted molar refractivity (Wildman–Crippen MR) is 59.3 cm³/mol. The summed E-state index contributed by atoms with van der Waals surface area (Å²) in [6.45, 7) is 0. The van der Waals surface area contributed by atoms with Crippen molar-refractivity contribution in [1.29, 1.82) is 0 Å². The molecule has 0 aliphatic heterocycles. The van der Waals surface area contributed by atoms with E-state index in [1.807, 2.05) is 0 Å². The van der Waals surface area contributed by atoms with Gasteiger partial charge in [-0.3, -0.25) is 4.79 Å². The van der Waals surface area contributed by atoms with E-state index in [0.717, 1.165) is 6.07 Å². The fraction of sp³-hybridized carbons (Fsp3) is 0.300. The van der Waals surface area contributed by atoms with Crippen molar-refractivity contribution in [2.45, 2.75) is 12.5 Å². The molecule has 0 aliphatic carbocycles. The monoisotopic (exact) mass is 291 g/mol. The van der Waals surface area contributed by atoms with Crippen LogP contribution in [0.5, 0.6) is 5.75 Å². The Morgan fingerprint density at radius 2 is 2.31 bits per heavy atom. The lowest BCUT2D eigenvalue weighted by Gasteiger charge is -2.14. The minimum atomic E-state index is -0.822. The molecule has 0 bridgehead atoms. The molecular weight excluding hydrogens is 281 g/mol. The van der Waals surface area contributed by atoms with Crippen LogP contribution in [0.4, 0.5) is 4.39 Å². The third-order valence-corrected chi connectivity index (χ3v) is 2.79. The number of esters is 1. The predicted octanol–water partition coefficient (Wildman–Crippen LogP) is 1.86. The van der Waals surface area contributed by atoms with E-state index in [2.05, 4.69) is 20.7 Å². The van der Waals surface area contributed by atoms with Gasteiger partial charge in [0.15, 0.2) is 11.6 Å². The number of hydrogen-bond acceptors (Lipinski definition) is 4. The van der Waals surface area contributed by atoms with Crippen molar-refractivity contribution < 1.29 is 19.0 Å². The molecule has 1 aromatic carbocycles. The van der Waals surface area contributed by atoms with E-state index in [4.69, 9.17) is 5.73 Å². The minimum Gasteiger partial charge on any atom is -0.505 e. The van der Waals surface area contributed by atoms with Crippen molar-refractivity contribution in [3.05, 3.63) is 28.0 Å². The van der Waals surface area contributed by atoms with Crippen LogP contribution in [-0.2, 0) is 9.53 Å². The molecule has 1 rings (SSSR count). The number of carbonyl (C=O) groups excluding carboxylic acids is 1. The first-order chi connectivity index (χ1) is 7.47. The molecule has 16 heavy (non-hydrogen) atoms. The van der Waals surface area contributed by atoms with Crippen LogP contribution in [0.15, 0.2) is 16.6 Å². The van der Waals surface area contributed by atoms with Crippen molar-refractivity contribution in [1.82, 2.24) is 0 Å². The van der Waals surface area contributed by atoms with Gasteiger partial charge in [0.1, 0.15) is 0 Å². The van der Waals surface area contributed by atoms with E-state index >= 15 is 0 Å². The van der Waals surface area contributed by atoms with Crippen LogP contribution in [0, 0.1) is 5.82 Å². The summed E-state index contributed by atoms with van der Waals surface area (Å²) in [5.74, 6) is -1.85. The summed E-state index contributed by atoms with van der Waals surface area (Å²) in [7, 11) is 1.23. The second-order valence-corrected chi connectivity index (χ2v) is 4.03. The van der Waals surface area contributed by atoms with Gasteiger partial charge in [-0.2, -0.15) is 0 Å². The quantitative estimate of drug-likeness (QED) is 0.834. The lowest BCUT2D eigenvalue weighted by atomic mass is 10.0. The Labute approximate surface area is 100 Å². The molecule has 0 amide bonds. The lowest BCUT2D eigenvalue weighted by Crippen LogP contribution is -2.17. The van der Waals surface area contributed by atoms with E-state index < -0.39 is 23.6 Å². The molecule has 88 valence electrons. The van der Waals surface area contributed by atoms with Crippen LogP contribution in [0.25, 0.3) is 0 Å². The number of nitrogens with two attached hydrogens (primary N) is 1. The van der Waals surface area contributed by atoms with Crippen molar-refractivity contribution in [2.24, 2.45) is 5.73 Å². The zero-order valence-corrected chi connectivity index (χ0v) is 10.1. The molecule has 6 heteroatoms. The van der Waals surface area contributed by atoms with Gasteiger partial charge in [0, 0.05) is 16.1 Å². The van der Waals surface area contributed by atoms with Gasteiger partial charge < -0.3 is 15.6 Å². The van der Waals surface area contributed by atoms with Crippen LogP contribution in [0.3, 0.4) is 0 Å². The van der Waals surface area contributed by atoms with Gasteiger partial charge >= 0.3 is 5.97 Å². The van der Waals surface area contributed by atoms with Gasteiger partial charge in [-0.1, -0.05) is 15.9 Å². The number of aromatic hydroxyl groups is 1. The number of ether oxygens (including phenoxy) is 1. The minimum absolute atomic E-state index is 0.133. The molecule has 0 fully saturated rings. The van der Waals surface area contributed by atoms with Crippen molar-refractivity contribution >= 4 is 21.9 Å². The maximum atomic E-state index is 13.1. The van der Waals surface area contributed by atoms with Gasteiger partial charge in [-0.05, 0) is 12.1 Å². The number of methoxy groups -OCH3 is 1. The molecule has 1 aromatic rings. The summed E-state index contributed by atoms with van der Waals surface area (Å²) in [5.41, 5.74) is 5.84. The Balaban J connectivity index is 3.03. The van der Waals surface area contributed by atoms with Crippen LogP contribution >= 0.6 is 15.9 Å². The number of benzene rings is 1. The highest BCUT2D eigenvalue weighted by molar-refractivity contribution is 9.10. The number of phenols is 1. The third-order valence-electron chi connectivity index (χ3n) is 2.10. The maximum Gasteiger partial charge on any atom is 0.307 e. The molecule has 0 radical (unpaired) electrons. The first-order valence-corrected chi connectivity index (χ1v) is 5.26. The van der Waals surface area contributed by atoms with Gasteiger partial charge in [-0.25, -0.2) is 4.39 Å². The molecule has 0 spiro atoms. The average Bonchev–Trinajstić information content (AvgIpc) is 2.24. The molecule has 0 unspecified atom stereocenters. The molecule has 0 saturated heterocycles. The number of rotatable bonds is 3.